The highest BCUT2D eigenvalue weighted by atomic mass is 16.5. The van der Waals surface area contributed by atoms with E-state index in [0.717, 1.165) is 0 Å². The van der Waals surface area contributed by atoms with Crippen molar-refractivity contribution in [3.05, 3.63) is 29.8 Å². The number of ether oxygens (including phenoxy) is 1. The zero-order valence-corrected chi connectivity index (χ0v) is 9.83. The van der Waals surface area contributed by atoms with Crippen molar-refractivity contribution in [3.8, 4) is 5.75 Å². The van der Waals surface area contributed by atoms with Gasteiger partial charge in [0.1, 0.15) is 5.75 Å². The van der Waals surface area contributed by atoms with Crippen LogP contribution in [-0.2, 0) is 0 Å². The fraction of sp³-hybridized carbons (Fsp3) is 0.462. The molecular formula is C13H18O2. The zero-order valence-electron chi connectivity index (χ0n) is 9.83. The highest BCUT2D eigenvalue weighted by molar-refractivity contribution is 6.02. The van der Waals surface area contributed by atoms with E-state index in [1.807, 2.05) is 52.0 Å². The van der Waals surface area contributed by atoms with E-state index < -0.39 is 0 Å². The maximum Gasteiger partial charge on any atom is 0.171 e. The number of carbonyl (C=O) groups is 1. The summed E-state index contributed by atoms with van der Waals surface area (Å²) >= 11 is 0. The van der Waals surface area contributed by atoms with Crippen LogP contribution in [-0.4, -0.2) is 12.4 Å². The topological polar surface area (TPSA) is 26.3 Å². The molecule has 2 heteroatoms. The first-order valence-corrected chi connectivity index (χ1v) is 5.23. The second-order valence-corrected chi connectivity index (χ2v) is 4.51. The Bertz CT molecular complexity index is 348. The molecule has 0 saturated heterocycles. The van der Waals surface area contributed by atoms with Crippen LogP contribution in [0.1, 0.15) is 38.1 Å². The molecule has 15 heavy (non-hydrogen) atoms. The van der Waals surface area contributed by atoms with E-state index in [9.17, 15) is 4.79 Å². The van der Waals surface area contributed by atoms with Gasteiger partial charge in [-0.25, -0.2) is 0 Å². The third-order valence-corrected chi connectivity index (χ3v) is 2.11. The lowest BCUT2D eigenvalue weighted by atomic mass is 9.86. The Morgan fingerprint density at radius 2 is 1.87 bits per heavy atom. The van der Waals surface area contributed by atoms with Gasteiger partial charge in [0.05, 0.1) is 12.2 Å². The average molecular weight is 206 g/mol. The van der Waals surface area contributed by atoms with Crippen LogP contribution in [0.3, 0.4) is 0 Å². The van der Waals surface area contributed by atoms with Crippen molar-refractivity contribution >= 4 is 5.78 Å². The molecule has 0 spiro atoms. The predicted octanol–water partition coefficient (Wildman–Crippen LogP) is 3.31. The maximum absolute atomic E-state index is 12.1. The lowest BCUT2D eigenvalue weighted by molar-refractivity contribution is 0.0854. The third-order valence-electron chi connectivity index (χ3n) is 2.11. The Morgan fingerprint density at radius 3 is 2.40 bits per heavy atom. The van der Waals surface area contributed by atoms with Gasteiger partial charge in [0.25, 0.3) is 0 Å². The van der Waals surface area contributed by atoms with E-state index in [2.05, 4.69) is 0 Å². The van der Waals surface area contributed by atoms with Gasteiger partial charge in [-0.15, -0.1) is 0 Å². The van der Waals surface area contributed by atoms with Gasteiger partial charge in [-0.2, -0.15) is 0 Å². The van der Waals surface area contributed by atoms with Gasteiger partial charge >= 0.3 is 0 Å². The molecule has 0 aliphatic rings. The third kappa shape index (κ3) is 2.82. The van der Waals surface area contributed by atoms with Crippen LogP contribution in [0.2, 0.25) is 0 Å². The number of Topliss-reactive ketones (excluding diaryl/α,β-unsaturated/α-hetero) is 1. The predicted molar refractivity (Wildman–Crippen MR) is 61.4 cm³/mol. The Kier molecular flexibility index (Phi) is 3.51. The number of para-hydroxylation sites is 1. The van der Waals surface area contributed by atoms with E-state index in [1.165, 1.54) is 0 Å². The lowest BCUT2D eigenvalue weighted by Gasteiger charge is -2.18. The number of rotatable bonds is 3. The molecule has 0 aliphatic carbocycles. The molecule has 0 bridgehead atoms. The van der Waals surface area contributed by atoms with Crippen LogP contribution in [0.5, 0.6) is 5.75 Å². The van der Waals surface area contributed by atoms with E-state index in [4.69, 9.17) is 4.74 Å². The average Bonchev–Trinajstić information content (AvgIpc) is 2.17. The molecule has 0 fully saturated rings. The van der Waals surface area contributed by atoms with Crippen LogP contribution in [0.15, 0.2) is 24.3 Å². The molecule has 0 unspecified atom stereocenters. The molecule has 0 N–H and O–H groups in total. The molecule has 0 amide bonds. The van der Waals surface area contributed by atoms with Crippen LogP contribution in [0.4, 0.5) is 0 Å². The molecule has 1 aromatic carbocycles. The van der Waals surface area contributed by atoms with Crippen molar-refractivity contribution in [2.45, 2.75) is 27.7 Å². The molecule has 0 heterocycles. The van der Waals surface area contributed by atoms with Crippen molar-refractivity contribution in [1.29, 1.82) is 0 Å². The summed E-state index contributed by atoms with van der Waals surface area (Å²) in [6, 6.07) is 7.40. The number of carbonyl (C=O) groups excluding carboxylic acids is 1. The molecule has 0 atom stereocenters. The van der Waals surface area contributed by atoms with Crippen molar-refractivity contribution < 1.29 is 9.53 Å². The van der Waals surface area contributed by atoms with Gasteiger partial charge in [0.2, 0.25) is 0 Å². The minimum absolute atomic E-state index is 0.117. The Balaban J connectivity index is 3.08. The SMILES string of the molecule is CCOc1ccccc1C(=O)C(C)(C)C. The summed E-state index contributed by atoms with van der Waals surface area (Å²) in [7, 11) is 0. The summed E-state index contributed by atoms with van der Waals surface area (Å²) in [4.78, 5) is 12.1. The van der Waals surface area contributed by atoms with Crippen LogP contribution in [0, 0.1) is 5.41 Å². The number of hydrogen-bond donors (Lipinski definition) is 0. The molecule has 1 rings (SSSR count). The fourth-order valence-corrected chi connectivity index (χ4v) is 1.34. The van der Waals surface area contributed by atoms with Gasteiger partial charge in [0.15, 0.2) is 5.78 Å². The highest BCUT2D eigenvalue weighted by Gasteiger charge is 2.25. The van der Waals surface area contributed by atoms with Gasteiger partial charge in [-0.1, -0.05) is 32.9 Å². The van der Waals surface area contributed by atoms with E-state index in [-0.39, 0.29) is 11.2 Å². The first kappa shape index (κ1) is 11.8. The van der Waals surface area contributed by atoms with E-state index in [1.54, 1.807) is 0 Å². The van der Waals surface area contributed by atoms with Crippen molar-refractivity contribution in [2.24, 2.45) is 5.41 Å². The second-order valence-electron chi connectivity index (χ2n) is 4.51. The molecule has 2 nitrogen and oxygen atoms in total. The van der Waals surface area contributed by atoms with Crippen molar-refractivity contribution in [1.82, 2.24) is 0 Å². The van der Waals surface area contributed by atoms with Crippen LogP contribution in [0.25, 0.3) is 0 Å². The van der Waals surface area contributed by atoms with Gasteiger partial charge in [-0.3, -0.25) is 4.79 Å². The molecule has 0 aromatic heterocycles. The smallest absolute Gasteiger partial charge is 0.171 e. The largest absolute Gasteiger partial charge is 0.493 e. The lowest BCUT2D eigenvalue weighted by Crippen LogP contribution is -2.21. The van der Waals surface area contributed by atoms with Crippen molar-refractivity contribution in [2.75, 3.05) is 6.61 Å². The van der Waals surface area contributed by atoms with Gasteiger partial charge < -0.3 is 4.74 Å². The molecule has 0 aliphatic heterocycles. The van der Waals surface area contributed by atoms with E-state index in [0.29, 0.717) is 17.9 Å². The molecule has 82 valence electrons. The standard InChI is InChI=1S/C13H18O2/c1-5-15-11-9-7-6-8-10(11)12(14)13(2,3)4/h6-9H,5H2,1-4H3. The number of ketones is 1. The quantitative estimate of drug-likeness (QED) is 0.709. The highest BCUT2D eigenvalue weighted by Crippen LogP contribution is 2.27. The molecule has 0 radical (unpaired) electrons. The van der Waals surface area contributed by atoms with Gasteiger partial charge in [0, 0.05) is 5.41 Å². The molecule has 0 saturated carbocycles. The maximum atomic E-state index is 12.1. The summed E-state index contributed by atoms with van der Waals surface area (Å²) in [5, 5.41) is 0. The monoisotopic (exact) mass is 206 g/mol. The zero-order chi connectivity index (χ0) is 11.5. The normalized spacial score (nSPS) is 11.2. The minimum Gasteiger partial charge on any atom is -0.493 e. The van der Waals surface area contributed by atoms with E-state index >= 15 is 0 Å². The summed E-state index contributed by atoms with van der Waals surface area (Å²) in [5.74, 6) is 0.798. The molecular weight excluding hydrogens is 188 g/mol. The molecule has 1 aromatic rings. The number of hydrogen-bond acceptors (Lipinski definition) is 2. The van der Waals surface area contributed by atoms with Crippen molar-refractivity contribution in [3.63, 3.8) is 0 Å². The summed E-state index contributed by atoms with van der Waals surface area (Å²) in [5.41, 5.74) is 0.305. The Labute approximate surface area is 91.3 Å². The second kappa shape index (κ2) is 4.47. The summed E-state index contributed by atoms with van der Waals surface area (Å²) in [6.07, 6.45) is 0. The Hall–Kier alpha value is -1.31. The first-order valence-electron chi connectivity index (χ1n) is 5.23. The van der Waals surface area contributed by atoms with Crippen LogP contribution < -0.4 is 4.74 Å². The first-order chi connectivity index (χ1) is 6.96. The summed E-state index contributed by atoms with van der Waals surface area (Å²) in [6.45, 7) is 8.24. The summed E-state index contributed by atoms with van der Waals surface area (Å²) < 4.78 is 5.43. The van der Waals surface area contributed by atoms with Gasteiger partial charge in [-0.05, 0) is 19.1 Å². The minimum atomic E-state index is -0.368. The number of benzene rings is 1. The Morgan fingerprint density at radius 1 is 1.27 bits per heavy atom. The fourth-order valence-electron chi connectivity index (χ4n) is 1.34. The van der Waals surface area contributed by atoms with Crippen LogP contribution >= 0.6 is 0 Å².